The predicted octanol–water partition coefficient (Wildman–Crippen LogP) is 6.89. The summed E-state index contributed by atoms with van der Waals surface area (Å²) in [4.78, 5) is 11.8. The van der Waals surface area contributed by atoms with Crippen molar-refractivity contribution in [3.05, 3.63) is 89.2 Å². The van der Waals surface area contributed by atoms with Gasteiger partial charge in [0.25, 0.3) is 0 Å². The summed E-state index contributed by atoms with van der Waals surface area (Å²) in [5, 5.41) is 13.1. The first-order valence-corrected chi connectivity index (χ1v) is 10.6. The van der Waals surface area contributed by atoms with Crippen LogP contribution in [0.3, 0.4) is 0 Å². The van der Waals surface area contributed by atoms with Gasteiger partial charge in [0.05, 0.1) is 12.6 Å². The number of fused-ring (bicyclic) bond motifs is 1. The topological polar surface area (TPSA) is 67.8 Å². The smallest absolute Gasteiger partial charge is 0.496 e. The molecule has 3 aromatic rings. The first kappa shape index (κ1) is 22.4. The summed E-state index contributed by atoms with van der Waals surface area (Å²) in [6.07, 6.45) is -0.188. The van der Waals surface area contributed by atoms with Gasteiger partial charge in [0.15, 0.2) is 6.10 Å². The summed E-state index contributed by atoms with van der Waals surface area (Å²) in [6.45, 7) is 6.14. The number of anilines is 1. The fourth-order valence-corrected chi connectivity index (χ4v) is 4.56. The molecule has 0 aliphatic carbocycles. The second-order valence-corrected chi connectivity index (χ2v) is 8.64. The van der Waals surface area contributed by atoms with Crippen molar-refractivity contribution in [2.24, 2.45) is 0 Å². The maximum atomic E-state index is 14.0. The van der Waals surface area contributed by atoms with Crippen LogP contribution in [0.15, 0.2) is 66.7 Å². The Labute approximate surface area is 192 Å². The third kappa shape index (κ3) is 4.42. The summed E-state index contributed by atoms with van der Waals surface area (Å²) in [7, 11) is 1.48. The number of ether oxygens (including phenoxy) is 2. The van der Waals surface area contributed by atoms with E-state index in [1.165, 1.54) is 19.2 Å². The van der Waals surface area contributed by atoms with Gasteiger partial charge in [0.1, 0.15) is 11.6 Å². The van der Waals surface area contributed by atoms with Gasteiger partial charge in [0, 0.05) is 28.4 Å². The first-order chi connectivity index (χ1) is 15.7. The normalized spacial score (nSPS) is 15.0. The van der Waals surface area contributed by atoms with E-state index in [2.05, 4.69) is 25.2 Å². The van der Waals surface area contributed by atoms with E-state index < -0.39 is 18.1 Å². The van der Waals surface area contributed by atoms with Crippen molar-refractivity contribution in [3.8, 4) is 16.9 Å². The largest absolute Gasteiger partial charge is 0.506 e. The van der Waals surface area contributed by atoms with Crippen LogP contribution in [0.4, 0.5) is 14.9 Å². The molecule has 1 aliphatic rings. The molecule has 2 N–H and O–H groups in total. The molecule has 0 saturated heterocycles. The van der Waals surface area contributed by atoms with Gasteiger partial charge in [-0.05, 0) is 55.7 Å². The summed E-state index contributed by atoms with van der Waals surface area (Å²) < 4.78 is 24.9. The van der Waals surface area contributed by atoms with Gasteiger partial charge in [0.2, 0.25) is 0 Å². The Balaban J connectivity index is 2.07. The van der Waals surface area contributed by atoms with E-state index in [0.717, 1.165) is 16.8 Å². The number of methoxy groups -OCH3 is 1. The molecule has 0 radical (unpaired) electrons. The number of nitrogens with one attached hydrogen (secondary N) is 1. The minimum atomic E-state index is -1.38. The van der Waals surface area contributed by atoms with E-state index in [4.69, 9.17) is 9.47 Å². The molecule has 5 nitrogen and oxygen atoms in total. The molecular formula is C27H26FNO4. The molecule has 1 unspecified atom stereocenters. The zero-order chi connectivity index (χ0) is 23.8. The summed E-state index contributed by atoms with van der Waals surface area (Å²) in [5.74, 6) is -0.0694. The van der Waals surface area contributed by atoms with Crippen molar-refractivity contribution in [1.82, 2.24) is 0 Å². The molecule has 0 spiro atoms. The van der Waals surface area contributed by atoms with Crippen molar-refractivity contribution < 1.29 is 23.8 Å². The minimum Gasteiger partial charge on any atom is -0.496 e. The molecule has 170 valence electrons. The Morgan fingerprint density at radius 1 is 1.06 bits per heavy atom. The second kappa shape index (κ2) is 8.62. The lowest BCUT2D eigenvalue weighted by atomic mass is 9.81. The fraction of sp³-hybridized carbons (Fsp3) is 0.222. The highest BCUT2D eigenvalue weighted by atomic mass is 19.1. The van der Waals surface area contributed by atoms with Crippen LogP contribution >= 0.6 is 0 Å². The summed E-state index contributed by atoms with van der Waals surface area (Å²) >= 11 is 0. The molecule has 33 heavy (non-hydrogen) atoms. The third-order valence-electron chi connectivity index (χ3n) is 5.71. The van der Waals surface area contributed by atoms with E-state index in [1.54, 1.807) is 6.07 Å². The molecule has 0 saturated carbocycles. The van der Waals surface area contributed by atoms with Gasteiger partial charge in [-0.3, -0.25) is 0 Å². The third-order valence-corrected chi connectivity index (χ3v) is 5.71. The maximum absolute atomic E-state index is 14.0. The van der Waals surface area contributed by atoms with Crippen LogP contribution < -0.4 is 10.1 Å². The lowest BCUT2D eigenvalue weighted by Gasteiger charge is -2.35. The number of carboxylic acid groups (broad SMARTS) is 1. The monoisotopic (exact) mass is 447 g/mol. The maximum Gasteiger partial charge on any atom is 0.506 e. The lowest BCUT2D eigenvalue weighted by Crippen LogP contribution is -2.32. The average Bonchev–Trinajstić information content (AvgIpc) is 2.76. The Hall–Kier alpha value is -3.80. The van der Waals surface area contributed by atoms with Crippen LogP contribution in [0.5, 0.6) is 5.75 Å². The van der Waals surface area contributed by atoms with Crippen molar-refractivity contribution >= 4 is 17.4 Å². The van der Waals surface area contributed by atoms with Gasteiger partial charge in [-0.1, -0.05) is 42.5 Å². The summed E-state index contributed by atoms with van der Waals surface area (Å²) in [5.41, 5.74) is 5.14. The standard InChI is InChI=1S/C27H26FNO4/c1-16-15-27(2,3)29-21-13-12-20(19-11-10-18(28)14-22(19)32-4)24(23(16)21)25(33-26(30)31)17-8-6-5-7-9-17/h5-15,25,29H,1-4H3,(H,30,31). The highest BCUT2D eigenvalue weighted by molar-refractivity contribution is 5.89. The Bertz CT molecular complexity index is 1230. The molecule has 1 atom stereocenters. The zero-order valence-electron chi connectivity index (χ0n) is 19.0. The number of benzene rings is 3. The average molecular weight is 448 g/mol. The van der Waals surface area contributed by atoms with Gasteiger partial charge in [-0.15, -0.1) is 0 Å². The van der Waals surface area contributed by atoms with Crippen LogP contribution in [0, 0.1) is 5.82 Å². The molecule has 0 fully saturated rings. The SMILES string of the molecule is COc1cc(F)ccc1-c1ccc2c(c1C(OC(=O)O)c1ccccc1)C(C)=CC(C)(C)N2. The first-order valence-electron chi connectivity index (χ1n) is 10.6. The highest BCUT2D eigenvalue weighted by Crippen LogP contribution is 2.47. The Morgan fingerprint density at radius 3 is 2.42 bits per heavy atom. The molecular weight excluding hydrogens is 421 g/mol. The number of rotatable bonds is 5. The molecule has 0 bridgehead atoms. The molecule has 1 aliphatic heterocycles. The molecule has 0 aromatic heterocycles. The van der Waals surface area contributed by atoms with Crippen molar-refractivity contribution in [2.45, 2.75) is 32.4 Å². The second-order valence-electron chi connectivity index (χ2n) is 8.64. The van der Waals surface area contributed by atoms with Crippen LogP contribution in [-0.2, 0) is 4.74 Å². The van der Waals surface area contributed by atoms with Gasteiger partial charge in [-0.2, -0.15) is 0 Å². The van der Waals surface area contributed by atoms with Gasteiger partial charge < -0.3 is 19.9 Å². The molecule has 4 rings (SSSR count). The highest BCUT2D eigenvalue weighted by Gasteiger charge is 2.32. The molecule has 0 amide bonds. The van der Waals surface area contributed by atoms with Gasteiger partial charge >= 0.3 is 6.16 Å². The number of halogens is 1. The Morgan fingerprint density at radius 2 is 1.76 bits per heavy atom. The number of carbonyl (C=O) groups is 1. The number of allylic oxidation sites excluding steroid dienone is 1. The Kier molecular flexibility index (Phi) is 5.85. The lowest BCUT2D eigenvalue weighted by molar-refractivity contribution is 0.0664. The summed E-state index contributed by atoms with van der Waals surface area (Å²) in [6, 6.07) is 17.4. The van der Waals surface area contributed by atoms with E-state index in [-0.39, 0.29) is 5.54 Å². The molecule has 3 aromatic carbocycles. The van der Waals surface area contributed by atoms with E-state index in [9.17, 15) is 14.3 Å². The quantitative estimate of drug-likeness (QED) is 0.417. The van der Waals surface area contributed by atoms with Crippen molar-refractivity contribution in [1.29, 1.82) is 0 Å². The van der Waals surface area contributed by atoms with Crippen molar-refractivity contribution in [2.75, 3.05) is 12.4 Å². The van der Waals surface area contributed by atoms with E-state index in [0.29, 0.717) is 28.0 Å². The van der Waals surface area contributed by atoms with Crippen LogP contribution in [0.25, 0.3) is 16.7 Å². The number of hydrogen-bond donors (Lipinski definition) is 2. The van der Waals surface area contributed by atoms with E-state index in [1.807, 2.05) is 49.4 Å². The number of hydrogen-bond acceptors (Lipinski definition) is 4. The van der Waals surface area contributed by atoms with Crippen LogP contribution in [-0.4, -0.2) is 23.9 Å². The predicted molar refractivity (Wildman–Crippen MR) is 127 cm³/mol. The molecule has 6 heteroatoms. The van der Waals surface area contributed by atoms with Crippen LogP contribution in [0.1, 0.15) is 43.6 Å². The van der Waals surface area contributed by atoms with E-state index >= 15 is 0 Å². The minimum absolute atomic E-state index is 0.278. The van der Waals surface area contributed by atoms with Crippen molar-refractivity contribution in [3.63, 3.8) is 0 Å². The molecule has 1 heterocycles. The van der Waals surface area contributed by atoms with Gasteiger partial charge in [-0.25, -0.2) is 9.18 Å². The fourth-order valence-electron chi connectivity index (χ4n) is 4.56. The zero-order valence-corrected chi connectivity index (χ0v) is 19.0. The van der Waals surface area contributed by atoms with Crippen LogP contribution in [0.2, 0.25) is 0 Å².